The number of benzene rings is 1. The minimum absolute atomic E-state index is 0.320. The predicted molar refractivity (Wildman–Crippen MR) is 87.9 cm³/mol. The van der Waals surface area contributed by atoms with Crippen molar-refractivity contribution in [2.45, 2.75) is 6.92 Å². The van der Waals surface area contributed by atoms with Crippen LogP contribution >= 0.6 is 11.3 Å². The van der Waals surface area contributed by atoms with Gasteiger partial charge in [0.15, 0.2) is 0 Å². The van der Waals surface area contributed by atoms with Crippen molar-refractivity contribution >= 4 is 28.2 Å². The van der Waals surface area contributed by atoms with Crippen LogP contribution in [0.3, 0.4) is 0 Å². The number of ether oxygens (including phenoxy) is 3. The Bertz CT molecular complexity index is 716. The van der Waals surface area contributed by atoms with Gasteiger partial charge in [-0.15, -0.1) is 11.3 Å². The van der Waals surface area contributed by atoms with Gasteiger partial charge in [-0.3, -0.25) is 4.79 Å². The van der Waals surface area contributed by atoms with Gasteiger partial charge in [-0.25, -0.2) is 4.79 Å². The Balaban J connectivity index is 2.24. The van der Waals surface area contributed by atoms with Gasteiger partial charge < -0.3 is 19.5 Å². The number of carbonyl (C=O) groups excluding carboxylic acids is 2. The average molecular weight is 335 g/mol. The number of hydrogen-bond acceptors (Lipinski definition) is 6. The normalized spacial score (nSPS) is 10.1. The van der Waals surface area contributed by atoms with Gasteiger partial charge in [0.25, 0.3) is 5.91 Å². The number of hydrogen-bond donors (Lipinski definition) is 1. The number of methoxy groups -OCH3 is 3. The first-order valence-electron chi connectivity index (χ1n) is 6.71. The third-order valence-corrected chi connectivity index (χ3v) is 4.27. The summed E-state index contributed by atoms with van der Waals surface area (Å²) in [6.07, 6.45) is 0. The van der Waals surface area contributed by atoms with E-state index in [1.54, 1.807) is 31.2 Å². The van der Waals surface area contributed by atoms with E-state index in [2.05, 4.69) is 5.32 Å². The molecule has 0 unspecified atom stereocenters. The van der Waals surface area contributed by atoms with Crippen LogP contribution in [0.15, 0.2) is 24.3 Å². The molecule has 0 saturated heterocycles. The first kappa shape index (κ1) is 16.8. The van der Waals surface area contributed by atoms with E-state index in [1.807, 2.05) is 0 Å². The second-order valence-corrected chi connectivity index (χ2v) is 5.72. The smallest absolute Gasteiger partial charge is 0.348 e. The van der Waals surface area contributed by atoms with Gasteiger partial charge in [0.2, 0.25) is 0 Å². The minimum atomic E-state index is -0.420. The maximum absolute atomic E-state index is 12.4. The van der Waals surface area contributed by atoms with Crippen molar-refractivity contribution in [2.75, 3.05) is 26.6 Å². The van der Waals surface area contributed by atoms with Gasteiger partial charge in [-0.2, -0.15) is 0 Å². The van der Waals surface area contributed by atoms with E-state index in [1.165, 1.54) is 32.7 Å². The van der Waals surface area contributed by atoms with Crippen molar-refractivity contribution in [3.05, 3.63) is 40.3 Å². The van der Waals surface area contributed by atoms with Gasteiger partial charge in [0.1, 0.15) is 16.4 Å². The van der Waals surface area contributed by atoms with E-state index in [4.69, 9.17) is 14.2 Å². The molecule has 7 heteroatoms. The summed E-state index contributed by atoms with van der Waals surface area (Å²) < 4.78 is 15.0. The number of aryl methyl sites for hydroxylation is 1. The molecular weight excluding hydrogens is 318 g/mol. The second-order valence-electron chi connectivity index (χ2n) is 4.67. The van der Waals surface area contributed by atoms with Crippen molar-refractivity contribution in [3.8, 4) is 11.5 Å². The Morgan fingerprint density at radius 2 is 1.61 bits per heavy atom. The van der Waals surface area contributed by atoms with E-state index in [0.717, 1.165) is 5.56 Å². The summed E-state index contributed by atoms with van der Waals surface area (Å²) in [5.41, 5.74) is 1.15. The van der Waals surface area contributed by atoms with Crippen LogP contribution in [0.25, 0.3) is 0 Å². The highest BCUT2D eigenvalue weighted by Crippen LogP contribution is 2.28. The molecule has 6 nitrogen and oxygen atoms in total. The maximum Gasteiger partial charge on any atom is 0.348 e. The monoisotopic (exact) mass is 335 g/mol. The van der Waals surface area contributed by atoms with E-state index in [0.29, 0.717) is 26.9 Å². The van der Waals surface area contributed by atoms with Crippen LogP contribution < -0.4 is 14.8 Å². The third kappa shape index (κ3) is 3.81. The Morgan fingerprint density at radius 1 is 1.00 bits per heavy atom. The molecule has 1 aromatic carbocycles. The summed E-state index contributed by atoms with van der Waals surface area (Å²) in [5.74, 6) is 0.301. The summed E-state index contributed by atoms with van der Waals surface area (Å²) >= 11 is 1.17. The molecule has 0 radical (unpaired) electrons. The second kappa shape index (κ2) is 7.15. The number of esters is 1. The molecule has 1 heterocycles. The van der Waals surface area contributed by atoms with E-state index in [-0.39, 0.29) is 5.91 Å². The van der Waals surface area contributed by atoms with Gasteiger partial charge in [0, 0.05) is 11.6 Å². The summed E-state index contributed by atoms with van der Waals surface area (Å²) in [6.45, 7) is 1.78. The fourth-order valence-electron chi connectivity index (χ4n) is 1.96. The summed E-state index contributed by atoms with van der Waals surface area (Å²) in [5, 5.41) is 3.33. The van der Waals surface area contributed by atoms with Gasteiger partial charge >= 0.3 is 5.97 Å². The highest BCUT2D eigenvalue weighted by atomic mass is 32.1. The molecule has 0 atom stereocenters. The molecule has 1 N–H and O–H groups in total. The zero-order valence-corrected chi connectivity index (χ0v) is 14.1. The largest absolute Gasteiger partial charge is 0.497 e. The SMILES string of the molecule is COC(=O)c1sc(NC(=O)c2cc(OC)cc(OC)c2)cc1C. The zero-order valence-electron chi connectivity index (χ0n) is 13.3. The molecule has 0 aliphatic rings. The molecule has 1 aromatic heterocycles. The van der Waals surface area contributed by atoms with Gasteiger partial charge in [0.05, 0.1) is 26.3 Å². The Hall–Kier alpha value is -2.54. The first-order valence-corrected chi connectivity index (χ1v) is 7.53. The summed E-state index contributed by atoms with van der Waals surface area (Å²) in [6, 6.07) is 6.63. The molecule has 0 aliphatic heterocycles. The lowest BCUT2D eigenvalue weighted by molar-refractivity contribution is 0.0605. The quantitative estimate of drug-likeness (QED) is 0.850. The van der Waals surface area contributed by atoms with E-state index < -0.39 is 5.97 Å². The van der Waals surface area contributed by atoms with Crippen LogP contribution in [0.5, 0.6) is 11.5 Å². The molecule has 0 aliphatic carbocycles. The maximum atomic E-state index is 12.4. The number of nitrogens with one attached hydrogen (secondary N) is 1. The number of thiophene rings is 1. The van der Waals surface area contributed by atoms with Crippen molar-refractivity contribution < 1.29 is 23.8 Å². The first-order chi connectivity index (χ1) is 11.0. The van der Waals surface area contributed by atoms with Crippen molar-refractivity contribution in [2.24, 2.45) is 0 Å². The lowest BCUT2D eigenvalue weighted by Crippen LogP contribution is -2.11. The number of amides is 1. The van der Waals surface area contributed by atoms with E-state index >= 15 is 0 Å². The summed E-state index contributed by atoms with van der Waals surface area (Å²) in [7, 11) is 4.35. The topological polar surface area (TPSA) is 73.9 Å². The van der Waals surface area contributed by atoms with Crippen LogP contribution in [0.2, 0.25) is 0 Å². The minimum Gasteiger partial charge on any atom is -0.497 e. The predicted octanol–water partition coefficient (Wildman–Crippen LogP) is 3.11. The van der Waals surface area contributed by atoms with E-state index in [9.17, 15) is 9.59 Å². The van der Waals surface area contributed by atoms with Crippen LogP contribution in [-0.2, 0) is 4.74 Å². The molecule has 2 rings (SSSR count). The lowest BCUT2D eigenvalue weighted by atomic mass is 10.2. The highest BCUT2D eigenvalue weighted by molar-refractivity contribution is 7.18. The van der Waals surface area contributed by atoms with Crippen molar-refractivity contribution in [1.82, 2.24) is 0 Å². The van der Waals surface area contributed by atoms with Gasteiger partial charge in [-0.05, 0) is 30.7 Å². The number of anilines is 1. The fourth-order valence-corrected chi connectivity index (χ4v) is 2.95. The molecule has 1 amide bonds. The Morgan fingerprint density at radius 3 is 2.13 bits per heavy atom. The molecule has 23 heavy (non-hydrogen) atoms. The zero-order chi connectivity index (χ0) is 17.0. The van der Waals surface area contributed by atoms with Crippen LogP contribution in [-0.4, -0.2) is 33.2 Å². The Labute approximate surface area is 138 Å². The standard InChI is InChI=1S/C16H17NO5S/c1-9-5-13(23-14(9)16(19)22-4)17-15(18)10-6-11(20-2)8-12(7-10)21-3/h5-8H,1-4H3,(H,17,18). The molecule has 2 aromatic rings. The summed E-state index contributed by atoms with van der Waals surface area (Å²) in [4.78, 5) is 24.5. The van der Waals surface area contributed by atoms with Crippen LogP contribution in [0, 0.1) is 6.92 Å². The van der Waals surface area contributed by atoms with Crippen LogP contribution in [0.1, 0.15) is 25.6 Å². The average Bonchev–Trinajstić information content (AvgIpc) is 2.93. The Kier molecular flexibility index (Phi) is 5.23. The molecule has 0 fully saturated rings. The lowest BCUT2D eigenvalue weighted by Gasteiger charge is -2.08. The van der Waals surface area contributed by atoms with Crippen molar-refractivity contribution in [3.63, 3.8) is 0 Å². The van der Waals surface area contributed by atoms with Gasteiger partial charge in [-0.1, -0.05) is 0 Å². The van der Waals surface area contributed by atoms with Crippen molar-refractivity contribution in [1.29, 1.82) is 0 Å². The van der Waals surface area contributed by atoms with Crippen LogP contribution in [0.4, 0.5) is 5.00 Å². The molecule has 122 valence electrons. The molecule has 0 bridgehead atoms. The number of carbonyl (C=O) groups is 2. The third-order valence-electron chi connectivity index (χ3n) is 3.14. The number of rotatable bonds is 5. The fraction of sp³-hybridized carbons (Fsp3) is 0.250. The molecular formula is C16H17NO5S. The molecule has 0 saturated carbocycles. The highest BCUT2D eigenvalue weighted by Gasteiger charge is 2.16. The molecule has 0 spiro atoms.